The number of pyridine rings is 1. The van der Waals surface area contributed by atoms with E-state index in [1.165, 1.54) is 45.0 Å². The van der Waals surface area contributed by atoms with Crippen LogP contribution in [0.5, 0.6) is 11.6 Å². The summed E-state index contributed by atoms with van der Waals surface area (Å²) in [6.45, 7) is 2.44. The van der Waals surface area contributed by atoms with Gasteiger partial charge in [-0.25, -0.2) is 32.1 Å². The first kappa shape index (κ1) is 28.4. The molecular formula is C27H26F2N4O4S2. The van der Waals surface area contributed by atoms with Gasteiger partial charge in [-0.15, -0.1) is 0 Å². The van der Waals surface area contributed by atoms with E-state index in [0.29, 0.717) is 22.0 Å². The molecule has 0 amide bonds. The maximum Gasteiger partial charge on any atom is 0.244 e. The van der Waals surface area contributed by atoms with Crippen molar-refractivity contribution in [1.29, 1.82) is 0 Å². The van der Waals surface area contributed by atoms with Crippen LogP contribution in [0.25, 0.3) is 11.3 Å². The zero-order chi connectivity index (χ0) is 28.2. The van der Waals surface area contributed by atoms with Gasteiger partial charge < -0.3 is 9.47 Å². The van der Waals surface area contributed by atoms with Gasteiger partial charge in [-0.05, 0) is 55.5 Å². The average molecular weight is 573 g/mol. The number of hydrogen-bond acceptors (Lipinski definition) is 8. The van der Waals surface area contributed by atoms with Crippen LogP contribution in [0.3, 0.4) is 0 Å². The lowest BCUT2D eigenvalue weighted by molar-refractivity contribution is 0.208. The molecule has 8 nitrogen and oxygen atoms in total. The van der Waals surface area contributed by atoms with Crippen LogP contribution in [0.15, 0.2) is 72.1 Å². The second kappa shape index (κ2) is 12.1. The summed E-state index contributed by atoms with van der Waals surface area (Å²) in [5.74, 6) is -3.20. The average Bonchev–Trinajstić information content (AvgIpc) is 2.96. The maximum absolute atomic E-state index is 15.6. The Bertz CT molecular complexity index is 1570. The second-order valence-corrected chi connectivity index (χ2v) is 11.4. The van der Waals surface area contributed by atoms with Crippen molar-refractivity contribution in [3.63, 3.8) is 0 Å². The van der Waals surface area contributed by atoms with E-state index >= 15 is 8.78 Å². The van der Waals surface area contributed by atoms with Crippen LogP contribution in [-0.2, 0) is 14.8 Å². The van der Waals surface area contributed by atoms with Crippen LogP contribution in [0.2, 0.25) is 0 Å². The SMILES string of the molecule is COCN(c1cc(C)c(Oc2ncccc2-c2ccnc(SC)n2)c(F)c1F)S(=O)(=O)C(C)c1ccccc1. The second-order valence-electron chi connectivity index (χ2n) is 8.42. The number of sulfonamides is 1. The minimum Gasteiger partial charge on any atom is -0.435 e. The molecule has 1 atom stereocenters. The number of benzene rings is 2. The van der Waals surface area contributed by atoms with Gasteiger partial charge in [0, 0.05) is 19.5 Å². The van der Waals surface area contributed by atoms with Gasteiger partial charge in [0.05, 0.1) is 16.9 Å². The van der Waals surface area contributed by atoms with Crippen molar-refractivity contribution < 1.29 is 26.7 Å². The van der Waals surface area contributed by atoms with Crippen LogP contribution in [0.4, 0.5) is 14.5 Å². The molecule has 0 aliphatic rings. The van der Waals surface area contributed by atoms with Crippen molar-refractivity contribution in [3.8, 4) is 22.9 Å². The number of ether oxygens (including phenoxy) is 2. The molecule has 0 aliphatic carbocycles. The molecule has 204 valence electrons. The fraction of sp³-hybridized carbons (Fsp3) is 0.222. The first-order chi connectivity index (χ1) is 18.7. The molecule has 0 spiro atoms. The van der Waals surface area contributed by atoms with Crippen molar-refractivity contribution >= 4 is 27.5 Å². The number of aromatic nitrogens is 3. The number of methoxy groups -OCH3 is 1. The van der Waals surface area contributed by atoms with Gasteiger partial charge in [0.1, 0.15) is 12.0 Å². The highest BCUT2D eigenvalue weighted by atomic mass is 32.2. The summed E-state index contributed by atoms with van der Waals surface area (Å²) in [6, 6.07) is 14.7. The molecule has 4 aromatic rings. The van der Waals surface area contributed by atoms with Gasteiger partial charge in [-0.1, -0.05) is 42.1 Å². The number of rotatable bonds is 10. The van der Waals surface area contributed by atoms with Gasteiger partial charge in [0.25, 0.3) is 0 Å². The van der Waals surface area contributed by atoms with Crippen molar-refractivity contribution in [2.45, 2.75) is 24.3 Å². The fourth-order valence-corrected chi connectivity index (χ4v) is 5.76. The van der Waals surface area contributed by atoms with Crippen molar-refractivity contribution in [1.82, 2.24) is 15.0 Å². The molecule has 0 fully saturated rings. The topological polar surface area (TPSA) is 94.5 Å². The van der Waals surface area contributed by atoms with Crippen LogP contribution in [0, 0.1) is 18.6 Å². The lowest BCUT2D eigenvalue weighted by Gasteiger charge is -2.28. The molecule has 4 rings (SSSR count). The minimum absolute atomic E-state index is 0.00327. The summed E-state index contributed by atoms with van der Waals surface area (Å²) in [4.78, 5) is 12.8. The quantitative estimate of drug-likeness (QED) is 0.127. The lowest BCUT2D eigenvalue weighted by atomic mass is 10.1. The van der Waals surface area contributed by atoms with Gasteiger partial charge in [-0.2, -0.15) is 4.39 Å². The normalized spacial score (nSPS) is 12.3. The molecule has 2 heterocycles. The molecule has 39 heavy (non-hydrogen) atoms. The van der Waals surface area contributed by atoms with E-state index in [9.17, 15) is 8.42 Å². The molecular weight excluding hydrogens is 546 g/mol. The first-order valence-electron chi connectivity index (χ1n) is 11.7. The van der Waals surface area contributed by atoms with E-state index in [0.717, 1.165) is 4.31 Å². The minimum atomic E-state index is -4.21. The molecule has 1 unspecified atom stereocenters. The van der Waals surface area contributed by atoms with Crippen LogP contribution in [0.1, 0.15) is 23.3 Å². The first-order valence-corrected chi connectivity index (χ1v) is 14.5. The van der Waals surface area contributed by atoms with Crippen LogP contribution >= 0.6 is 11.8 Å². The molecule has 0 saturated heterocycles. The number of aryl methyl sites for hydroxylation is 1. The summed E-state index contributed by atoms with van der Waals surface area (Å²) < 4.78 is 69.8. The summed E-state index contributed by atoms with van der Waals surface area (Å²) >= 11 is 1.35. The molecule has 0 radical (unpaired) electrons. The Labute approximate surface area is 230 Å². The van der Waals surface area contributed by atoms with Crippen molar-refractivity contribution in [2.24, 2.45) is 0 Å². The Morgan fingerprint density at radius 1 is 1.03 bits per heavy atom. The summed E-state index contributed by atoms with van der Waals surface area (Å²) in [5.41, 5.74) is 1.08. The third-order valence-corrected chi connectivity index (χ3v) is 8.57. The van der Waals surface area contributed by atoms with E-state index < -0.39 is 45.1 Å². The highest BCUT2D eigenvalue weighted by molar-refractivity contribution is 7.98. The van der Waals surface area contributed by atoms with E-state index in [4.69, 9.17) is 9.47 Å². The van der Waals surface area contributed by atoms with E-state index in [2.05, 4.69) is 15.0 Å². The fourth-order valence-electron chi connectivity index (χ4n) is 3.86. The molecule has 12 heteroatoms. The van der Waals surface area contributed by atoms with E-state index in [1.54, 1.807) is 54.7 Å². The third kappa shape index (κ3) is 5.87. The van der Waals surface area contributed by atoms with Gasteiger partial charge in [-0.3, -0.25) is 0 Å². The van der Waals surface area contributed by atoms with Crippen molar-refractivity contribution in [2.75, 3.05) is 24.4 Å². The number of hydrogen-bond donors (Lipinski definition) is 0. The highest BCUT2D eigenvalue weighted by Crippen LogP contribution is 2.39. The molecule has 2 aromatic carbocycles. The molecule has 2 aromatic heterocycles. The number of anilines is 1. The summed E-state index contributed by atoms with van der Waals surface area (Å²) in [7, 11) is -2.94. The third-order valence-electron chi connectivity index (χ3n) is 5.93. The van der Waals surface area contributed by atoms with Gasteiger partial charge in [0.2, 0.25) is 21.7 Å². The number of nitrogens with zero attached hydrogens (tertiary/aromatic N) is 4. The molecule has 0 aliphatic heterocycles. The van der Waals surface area contributed by atoms with Gasteiger partial charge in [0.15, 0.2) is 16.7 Å². The van der Waals surface area contributed by atoms with Crippen LogP contribution in [-0.4, -0.2) is 43.5 Å². The summed E-state index contributed by atoms with van der Waals surface area (Å²) in [5, 5.41) is -0.535. The maximum atomic E-state index is 15.6. The Kier molecular flexibility index (Phi) is 8.78. The molecule has 0 saturated carbocycles. The monoisotopic (exact) mass is 572 g/mol. The smallest absolute Gasteiger partial charge is 0.244 e. The predicted octanol–water partition coefficient (Wildman–Crippen LogP) is 6.14. The number of halogens is 2. The molecule has 0 N–H and O–H groups in total. The standard InChI is InChI=1S/C27H26F2N4O4S2/c1-17-15-22(33(16-36-3)39(34,35)18(2)19-9-6-5-7-10-19)23(28)24(29)25(17)37-26-20(11-8-13-30-26)21-12-14-31-27(32-21)38-4/h5-15,18H,16H2,1-4H3. The Balaban J connectivity index is 1.75. The summed E-state index contributed by atoms with van der Waals surface area (Å²) in [6.07, 6.45) is 4.86. The van der Waals surface area contributed by atoms with E-state index in [1.807, 2.05) is 6.26 Å². The predicted molar refractivity (Wildman–Crippen MR) is 146 cm³/mol. The highest BCUT2D eigenvalue weighted by Gasteiger charge is 2.34. The molecule has 0 bridgehead atoms. The van der Waals surface area contributed by atoms with Crippen LogP contribution < -0.4 is 9.04 Å². The zero-order valence-electron chi connectivity index (χ0n) is 21.6. The Hall–Kier alpha value is -3.61. The van der Waals surface area contributed by atoms with Crippen molar-refractivity contribution in [3.05, 3.63) is 89.8 Å². The zero-order valence-corrected chi connectivity index (χ0v) is 23.3. The number of thioether (sulfide) groups is 1. The van der Waals surface area contributed by atoms with Gasteiger partial charge >= 0.3 is 0 Å². The van der Waals surface area contributed by atoms with E-state index in [-0.39, 0.29) is 11.4 Å². The Morgan fingerprint density at radius 2 is 1.77 bits per heavy atom. The largest absolute Gasteiger partial charge is 0.435 e. The Morgan fingerprint density at radius 3 is 2.46 bits per heavy atom. The lowest BCUT2D eigenvalue weighted by Crippen LogP contribution is -2.36.